The van der Waals surface area contributed by atoms with E-state index >= 15 is 0 Å². The number of hydrogen-bond donors (Lipinski definition) is 1. The number of carbonyl (C=O) groups excluding carboxylic acids is 1. The van der Waals surface area contributed by atoms with Gasteiger partial charge in [0.15, 0.2) is 5.82 Å². The molecule has 1 aromatic rings. The van der Waals surface area contributed by atoms with Crippen molar-refractivity contribution in [2.24, 2.45) is 7.05 Å². The van der Waals surface area contributed by atoms with E-state index < -0.39 is 18.3 Å². The molecule has 0 radical (unpaired) electrons. The molecular formula is C12H20BN3O3. The van der Waals surface area contributed by atoms with Gasteiger partial charge in [-0.15, -0.1) is 0 Å². The van der Waals surface area contributed by atoms with Crippen molar-refractivity contribution >= 4 is 24.3 Å². The van der Waals surface area contributed by atoms with E-state index in [1.165, 1.54) is 6.92 Å². The van der Waals surface area contributed by atoms with Crippen molar-refractivity contribution in [3.63, 3.8) is 0 Å². The highest BCUT2D eigenvalue weighted by Crippen LogP contribution is 2.36. The molecule has 0 aliphatic carbocycles. The number of nitrogens with zero attached hydrogens (tertiary/aromatic N) is 2. The topological polar surface area (TPSA) is 65.4 Å². The van der Waals surface area contributed by atoms with Crippen LogP contribution < -0.4 is 10.8 Å². The van der Waals surface area contributed by atoms with Gasteiger partial charge in [-0.05, 0) is 27.7 Å². The Hall–Kier alpha value is -1.34. The van der Waals surface area contributed by atoms with Crippen LogP contribution in [0.2, 0.25) is 0 Å². The molecule has 1 fully saturated rings. The summed E-state index contributed by atoms with van der Waals surface area (Å²) < 4.78 is 13.5. The highest BCUT2D eigenvalue weighted by Gasteiger charge is 2.52. The van der Waals surface area contributed by atoms with Crippen molar-refractivity contribution in [3.05, 3.63) is 6.20 Å². The fraction of sp³-hybridized carbons (Fsp3) is 0.667. The number of amides is 1. The predicted octanol–water partition coefficient (Wildman–Crippen LogP) is 0.678. The summed E-state index contributed by atoms with van der Waals surface area (Å²) in [7, 11) is 1.26. The lowest BCUT2D eigenvalue weighted by Crippen LogP contribution is -2.41. The number of nitrogens with one attached hydrogen (secondary N) is 1. The van der Waals surface area contributed by atoms with Crippen molar-refractivity contribution in [2.45, 2.75) is 45.8 Å². The maximum Gasteiger partial charge on any atom is 0.500 e. The second kappa shape index (κ2) is 4.35. The molecule has 1 saturated heterocycles. The lowest BCUT2D eigenvalue weighted by molar-refractivity contribution is -0.114. The Morgan fingerprint density at radius 3 is 2.32 bits per heavy atom. The molecule has 104 valence electrons. The van der Waals surface area contributed by atoms with Gasteiger partial charge in [0.25, 0.3) is 0 Å². The van der Waals surface area contributed by atoms with E-state index in [4.69, 9.17) is 9.31 Å². The predicted molar refractivity (Wildman–Crippen MR) is 73.2 cm³/mol. The van der Waals surface area contributed by atoms with Gasteiger partial charge in [0.2, 0.25) is 5.91 Å². The number of anilines is 1. The summed E-state index contributed by atoms with van der Waals surface area (Å²) in [6, 6.07) is 0. The van der Waals surface area contributed by atoms with Gasteiger partial charge in [-0.2, -0.15) is 5.10 Å². The summed E-state index contributed by atoms with van der Waals surface area (Å²) >= 11 is 0. The molecule has 2 rings (SSSR count). The molecule has 1 N–H and O–H groups in total. The van der Waals surface area contributed by atoms with Crippen LogP contribution in [-0.4, -0.2) is 34.0 Å². The largest absolute Gasteiger partial charge is 0.500 e. The van der Waals surface area contributed by atoms with Crippen molar-refractivity contribution in [2.75, 3.05) is 5.32 Å². The van der Waals surface area contributed by atoms with Crippen LogP contribution in [0.15, 0.2) is 6.20 Å². The van der Waals surface area contributed by atoms with E-state index in [0.29, 0.717) is 5.82 Å². The first-order valence-electron chi connectivity index (χ1n) is 6.29. The van der Waals surface area contributed by atoms with Crippen LogP contribution in [0.4, 0.5) is 5.82 Å². The third kappa shape index (κ3) is 2.53. The van der Waals surface area contributed by atoms with Crippen LogP contribution in [0.1, 0.15) is 34.6 Å². The molecular weight excluding hydrogens is 245 g/mol. The zero-order valence-electron chi connectivity index (χ0n) is 12.3. The van der Waals surface area contributed by atoms with Crippen LogP contribution in [0.25, 0.3) is 0 Å². The third-order valence-electron chi connectivity index (χ3n) is 3.66. The molecule has 0 bridgehead atoms. The SMILES string of the molecule is CC(=O)Nc1nn(C)cc1B1OC(C)(C)C(C)(C)O1. The lowest BCUT2D eigenvalue weighted by Gasteiger charge is -2.32. The molecule has 0 aromatic carbocycles. The molecule has 1 amide bonds. The minimum absolute atomic E-state index is 0.170. The molecule has 0 atom stereocenters. The Labute approximate surface area is 113 Å². The van der Waals surface area contributed by atoms with E-state index in [0.717, 1.165) is 5.46 Å². The summed E-state index contributed by atoms with van der Waals surface area (Å²) in [4.78, 5) is 11.2. The van der Waals surface area contributed by atoms with Gasteiger partial charge in [-0.3, -0.25) is 9.48 Å². The zero-order valence-corrected chi connectivity index (χ0v) is 12.3. The van der Waals surface area contributed by atoms with Crippen LogP contribution >= 0.6 is 0 Å². The normalized spacial score (nSPS) is 20.6. The van der Waals surface area contributed by atoms with Gasteiger partial charge in [-0.25, -0.2) is 0 Å². The van der Waals surface area contributed by atoms with Gasteiger partial charge in [-0.1, -0.05) is 0 Å². The second-order valence-electron chi connectivity index (χ2n) is 5.88. The van der Waals surface area contributed by atoms with Gasteiger partial charge in [0.1, 0.15) is 0 Å². The van der Waals surface area contributed by atoms with Gasteiger partial charge < -0.3 is 14.6 Å². The van der Waals surface area contributed by atoms with Crippen molar-refractivity contribution in [1.82, 2.24) is 9.78 Å². The minimum atomic E-state index is -0.527. The number of rotatable bonds is 2. The fourth-order valence-corrected chi connectivity index (χ4v) is 1.91. The Balaban J connectivity index is 2.31. The number of aryl methyl sites for hydroxylation is 1. The van der Waals surface area contributed by atoms with E-state index in [2.05, 4.69) is 10.4 Å². The molecule has 2 heterocycles. The minimum Gasteiger partial charge on any atom is -0.399 e. The van der Waals surface area contributed by atoms with Gasteiger partial charge >= 0.3 is 7.12 Å². The lowest BCUT2D eigenvalue weighted by atomic mass is 9.80. The molecule has 6 nitrogen and oxygen atoms in total. The molecule has 0 saturated carbocycles. The molecule has 1 aliphatic heterocycles. The summed E-state index contributed by atoms with van der Waals surface area (Å²) in [5, 5.41) is 6.91. The zero-order chi connectivity index (χ0) is 14.4. The molecule has 1 aromatic heterocycles. The van der Waals surface area contributed by atoms with Crippen LogP contribution in [0.3, 0.4) is 0 Å². The molecule has 1 aliphatic rings. The van der Waals surface area contributed by atoms with Gasteiger partial charge in [0.05, 0.1) is 11.2 Å². The highest BCUT2D eigenvalue weighted by molar-refractivity contribution is 6.63. The van der Waals surface area contributed by atoms with E-state index in [-0.39, 0.29) is 5.91 Å². The number of hydrogen-bond acceptors (Lipinski definition) is 4. The Bertz CT molecular complexity index is 494. The first kappa shape index (κ1) is 14.1. The average molecular weight is 265 g/mol. The first-order chi connectivity index (χ1) is 8.62. The average Bonchev–Trinajstić information content (AvgIpc) is 2.65. The van der Waals surface area contributed by atoms with Crippen molar-refractivity contribution < 1.29 is 14.1 Å². The highest BCUT2D eigenvalue weighted by atomic mass is 16.7. The smallest absolute Gasteiger partial charge is 0.399 e. The van der Waals surface area contributed by atoms with E-state index in [1.54, 1.807) is 17.9 Å². The monoisotopic (exact) mass is 265 g/mol. The summed E-state index contributed by atoms with van der Waals surface area (Å²) in [6.45, 7) is 9.40. The number of carbonyl (C=O) groups is 1. The number of aromatic nitrogens is 2. The summed E-state index contributed by atoms with van der Waals surface area (Å²) in [6.07, 6.45) is 1.80. The summed E-state index contributed by atoms with van der Waals surface area (Å²) in [5.74, 6) is 0.310. The third-order valence-corrected chi connectivity index (χ3v) is 3.66. The summed E-state index contributed by atoms with van der Waals surface area (Å²) in [5.41, 5.74) is -0.0986. The molecule has 7 heteroatoms. The second-order valence-corrected chi connectivity index (χ2v) is 5.88. The quantitative estimate of drug-likeness (QED) is 0.798. The maximum absolute atomic E-state index is 11.2. The Morgan fingerprint density at radius 1 is 1.32 bits per heavy atom. The first-order valence-corrected chi connectivity index (χ1v) is 6.29. The molecule has 0 unspecified atom stereocenters. The van der Waals surface area contributed by atoms with Crippen molar-refractivity contribution in [3.8, 4) is 0 Å². The van der Waals surface area contributed by atoms with E-state index in [9.17, 15) is 4.79 Å². The molecule has 0 spiro atoms. The van der Waals surface area contributed by atoms with Crippen LogP contribution in [0, 0.1) is 0 Å². The van der Waals surface area contributed by atoms with Gasteiger partial charge in [0, 0.05) is 25.6 Å². The van der Waals surface area contributed by atoms with Crippen molar-refractivity contribution in [1.29, 1.82) is 0 Å². The van der Waals surface area contributed by atoms with Crippen LogP contribution in [-0.2, 0) is 21.2 Å². The van der Waals surface area contributed by atoms with E-state index in [1.807, 2.05) is 27.7 Å². The Morgan fingerprint density at radius 2 is 1.84 bits per heavy atom. The maximum atomic E-state index is 11.2. The fourth-order valence-electron chi connectivity index (χ4n) is 1.91. The molecule has 19 heavy (non-hydrogen) atoms. The Kier molecular flexibility index (Phi) is 3.22. The van der Waals surface area contributed by atoms with Crippen LogP contribution in [0.5, 0.6) is 0 Å². The standard InChI is InChI=1S/C12H20BN3O3/c1-8(17)14-10-9(7-16(6)15-10)13-18-11(2,3)12(4,5)19-13/h7H,1-6H3,(H,14,15,17).